The molecule has 0 aliphatic rings. The molecule has 0 nitrogen and oxygen atoms in total. The Hall–Kier alpha value is -0.0244. The van der Waals surface area contributed by atoms with Gasteiger partial charge in [0.05, 0.1) is 0 Å². The first-order valence-corrected chi connectivity index (χ1v) is 22.6. The molecule has 0 atom stereocenters. The molecule has 0 fully saturated rings. The van der Waals surface area contributed by atoms with Crippen molar-refractivity contribution in [1.29, 1.82) is 0 Å². The van der Waals surface area contributed by atoms with Gasteiger partial charge in [-0.25, -0.2) is 0 Å². The van der Waals surface area contributed by atoms with Gasteiger partial charge in [-0.1, -0.05) is 0 Å². The standard InChI is InChI=1S/C14H21Si.3C4H9.Sn/c1-13(2)9-8-12-15(3,4)14-10-6-5-7-11-14;3*1-3-4-2;/h5-7,10-13H,9H2,1-4H3;3*1,3-4H2,2H3;. The fourth-order valence-electron chi connectivity index (χ4n) is 4.66. The molecule has 0 N–H and O–H groups in total. The summed E-state index contributed by atoms with van der Waals surface area (Å²) in [5, 5.41) is 1.61. The quantitative estimate of drug-likeness (QED) is 0.222. The Morgan fingerprint density at radius 2 is 1.32 bits per heavy atom. The number of hydrogen-bond acceptors (Lipinski definition) is 0. The van der Waals surface area contributed by atoms with Crippen LogP contribution in [-0.2, 0) is 0 Å². The van der Waals surface area contributed by atoms with Crippen molar-refractivity contribution < 1.29 is 0 Å². The molecule has 0 radical (unpaired) electrons. The third kappa shape index (κ3) is 8.38. The average Bonchev–Trinajstić information content (AvgIpc) is 2.67. The van der Waals surface area contributed by atoms with Gasteiger partial charge in [0.25, 0.3) is 0 Å². The molecule has 28 heavy (non-hydrogen) atoms. The van der Waals surface area contributed by atoms with Crippen LogP contribution in [0.5, 0.6) is 0 Å². The van der Waals surface area contributed by atoms with E-state index in [0.717, 1.165) is 5.92 Å². The van der Waals surface area contributed by atoms with Crippen LogP contribution in [0.2, 0.25) is 26.4 Å². The van der Waals surface area contributed by atoms with E-state index in [2.05, 4.69) is 83.7 Å². The normalized spacial score (nSPS) is 13.4. The molecule has 0 aromatic heterocycles. The molecule has 0 spiro atoms. The molecule has 0 amide bonds. The molecular formula is C26H48SiSn. The molecule has 1 aromatic carbocycles. The van der Waals surface area contributed by atoms with Crippen molar-refractivity contribution in [3.63, 3.8) is 0 Å². The van der Waals surface area contributed by atoms with E-state index < -0.39 is 26.5 Å². The number of unbranched alkanes of at least 4 members (excludes halogenated alkanes) is 3. The van der Waals surface area contributed by atoms with Crippen molar-refractivity contribution in [3.05, 3.63) is 39.6 Å². The molecule has 0 aliphatic heterocycles. The Morgan fingerprint density at radius 3 is 1.71 bits per heavy atom. The maximum atomic E-state index is 2.92. The van der Waals surface area contributed by atoms with Gasteiger partial charge >= 0.3 is 183 Å². The predicted octanol–water partition coefficient (Wildman–Crippen LogP) is 8.50. The summed E-state index contributed by atoms with van der Waals surface area (Å²) in [5.74, 6) is 0.785. The van der Waals surface area contributed by atoms with Gasteiger partial charge in [-0.05, 0) is 0 Å². The van der Waals surface area contributed by atoms with Crippen LogP contribution >= 0.6 is 0 Å². The first-order valence-electron chi connectivity index (χ1n) is 12.1. The fraction of sp³-hybridized carbons (Fsp3) is 0.692. The predicted molar refractivity (Wildman–Crippen MR) is 136 cm³/mol. The summed E-state index contributed by atoms with van der Waals surface area (Å²) in [6.45, 7) is 17.2. The Bertz CT molecular complexity index is 537. The van der Waals surface area contributed by atoms with Gasteiger partial charge in [-0.3, -0.25) is 0 Å². The molecule has 0 saturated heterocycles. The summed E-state index contributed by atoms with van der Waals surface area (Å²) < 4.78 is 6.83. The number of benzene rings is 1. The van der Waals surface area contributed by atoms with Gasteiger partial charge in [0.2, 0.25) is 0 Å². The van der Waals surface area contributed by atoms with Crippen LogP contribution in [0.25, 0.3) is 0 Å². The summed E-state index contributed by atoms with van der Waals surface area (Å²) in [6.07, 6.45) is 9.86. The van der Waals surface area contributed by atoms with Crippen molar-refractivity contribution in [3.8, 4) is 0 Å². The molecule has 1 aromatic rings. The minimum absolute atomic E-state index is 0.785. The zero-order chi connectivity index (χ0) is 21.0. The van der Waals surface area contributed by atoms with Crippen LogP contribution in [0.3, 0.4) is 0 Å². The first-order chi connectivity index (χ1) is 13.3. The van der Waals surface area contributed by atoms with Crippen molar-refractivity contribution in [2.45, 2.75) is 106 Å². The third-order valence-corrected chi connectivity index (χ3v) is 26.2. The van der Waals surface area contributed by atoms with E-state index in [1.807, 2.05) is 3.59 Å². The van der Waals surface area contributed by atoms with Crippen LogP contribution < -0.4 is 5.19 Å². The number of allylic oxidation sites excluding steroid dienone is 1. The van der Waals surface area contributed by atoms with Gasteiger partial charge in [0, 0.05) is 0 Å². The summed E-state index contributed by atoms with van der Waals surface area (Å²) in [7, 11) is -1.55. The molecule has 160 valence electrons. The van der Waals surface area contributed by atoms with Crippen molar-refractivity contribution >= 4 is 31.6 Å². The van der Waals surface area contributed by atoms with Gasteiger partial charge in [0.1, 0.15) is 0 Å². The van der Waals surface area contributed by atoms with E-state index >= 15 is 0 Å². The van der Waals surface area contributed by atoms with Gasteiger partial charge < -0.3 is 0 Å². The molecule has 0 heterocycles. The Balaban J connectivity index is 3.44. The van der Waals surface area contributed by atoms with Crippen LogP contribution in [0.15, 0.2) is 39.6 Å². The fourth-order valence-corrected chi connectivity index (χ4v) is 29.0. The summed E-state index contributed by atoms with van der Waals surface area (Å²) in [5.41, 5.74) is 2.92. The monoisotopic (exact) mass is 508 g/mol. The molecule has 0 bridgehead atoms. The Kier molecular flexibility index (Phi) is 12.4. The van der Waals surface area contributed by atoms with Crippen molar-refractivity contribution in [2.75, 3.05) is 0 Å². The van der Waals surface area contributed by atoms with Crippen molar-refractivity contribution in [1.82, 2.24) is 0 Å². The maximum absolute atomic E-state index is 2.92. The van der Waals surface area contributed by atoms with Crippen LogP contribution in [0.1, 0.15) is 79.6 Å². The van der Waals surface area contributed by atoms with Gasteiger partial charge in [0.15, 0.2) is 0 Å². The van der Waals surface area contributed by atoms with E-state index in [4.69, 9.17) is 0 Å². The SMILES string of the molecule is CCC[CH2][Sn]([CH2]CCC)([CH2]CCC)/[C](=C\[Si](C)(C)c1ccccc1)CC(C)C. The van der Waals surface area contributed by atoms with E-state index in [9.17, 15) is 0 Å². The second kappa shape index (κ2) is 13.3. The molecule has 0 aliphatic carbocycles. The summed E-state index contributed by atoms with van der Waals surface area (Å²) in [4.78, 5) is 0. The van der Waals surface area contributed by atoms with Gasteiger partial charge in [-0.15, -0.1) is 0 Å². The van der Waals surface area contributed by atoms with Crippen LogP contribution in [0, 0.1) is 5.92 Å². The van der Waals surface area contributed by atoms with E-state index in [1.54, 1.807) is 18.5 Å². The topological polar surface area (TPSA) is 0 Å². The molecule has 0 unspecified atom stereocenters. The van der Waals surface area contributed by atoms with Gasteiger partial charge in [-0.2, -0.15) is 0 Å². The van der Waals surface area contributed by atoms with E-state index in [0.29, 0.717) is 0 Å². The molecular weight excluding hydrogens is 459 g/mol. The van der Waals surface area contributed by atoms with E-state index in [1.165, 1.54) is 44.9 Å². The third-order valence-electron chi connectivity index (χ3n) is 6.39. The van der Waals surface area contributed by atoms with Crippen LogP contribution in [0.4, 0.5) is 0 Å². The first kappa shape index (κ1) is 26.0. The summed E-state index contributed by atoms with van der Waals surface area (Å²) >= 11 is -2.34. The molecule has 0 saturated carbocycles. The number of hydrogen-bond donors (Lipinski definition) is 0. The van der Waals surface area contributed by atoms with Crippen molar-refractivity contribution in [2.24, 2.45) is 5.92 Å². The summed E-state index contributed by atoms with van der Waals surface area (Å²) in [6, 6.07) is 11.4. The van der Waals surface area contributed by atoms with Crippen LogP contribution in [-0.4, -0.2) is 26.5 Å². The molecule has 1 rings (SSSR count). The van der Waals surface area contributed by atoms with E-state index in [-0.39, 0.29) is 0 Å². The zero-order valence-electron chi connectivity index (χ0n) is 20.1. The second-order valence-electron chi connectivity index (χ2n) is 9.95. The minimum atomic E-state index is -2.34. The zero-order valence-corrected chi connectivity index (χ0v) is 24.0. The Morgan fingerprint density at radius 1 is 0.857 bits per heavy atom. The average molecular weight is 507 g/mol. The molecule has 2 heteroatoms. The second-order valence-corrected chi connectivity index (χ2v) is 27.7. The number of rotatable bonds is 14. The Labute approximate surface area is 182 Å².